The minimum atomic E-state index is -0.903. The van der Waals surface area contributed by atoms with E-state index in [2.05, 4.69) is 13.8 Å². The number of rotatable bonds is 9. The van der Waals surface area contributed by atoms with Crippen LogP contribution in [0, 0.1) is 12.8 Å². The van der Waals surface area contributed by atoms with Crippen molar-refractivity contribution in [3.8, 4) is 5.75 Å². The molecule has 1 aromatic carbocycles. The molecule has 2 atom stereocenters. The van der Waals surface area contributed by atoms with Gasteiger partial charge in [0.05, 0.1) is 0 Å². The maximum absolute atomic E-state index is 11.5. The van der Waals surface area contributed by atoms with Crippen LogP contribution in [-0.2, 0) is 4.79 Å². The van der Waals surface area contributed by atoms with Gasteiger partial charge in [-0.05, 0) is 43.0 Å². The molecule has 0 heterocycles. The van der Waals surface area contributed by atoms with E-state index in [1.54, 1.807) is 18.2 Å². The second-order valence-corrected chi connectivity index (χ2v) is 5.94. The maximum atomic E-state index is 11.5. The van der Waals surface area contributed by atoms with Crippen LogP contribution in [0.5, 0.6) is 5.75 Å². The van der Waals surface area contributed by atoms with Gasteiger partial charge in [0.1, 0.15) is 5.75 Å². The molecule has 1 rings (SSSR count). The van der Waals surface area contributed by atoms with Crippen molar-refractivity contribution in [1.29, 1.82) is 0 Å². The molecule has 0 aliphatic rings. The lowest BCUT2D eigenvalue weighted by Crippen LogP contribution is -2.29. The summed E-state index contributed by atoms with van der Waals surface area (Å²) >= 11 is 5.91. The van der Waals surface area contributed by atoms with Crippen LogP contribution in [0.1, 0.15) is 51.5 Å². The molecule has 0 saturated heterocycles. The Morgan fingerprint density at radius 1 is 1.38 bits per heavy atom. The molecule has 1 aromatic rings. The third-order valence-electron chi connectivity index (χ3n) is 3.77. The summed E-state index contributed by atoms with van der Waals surface area (Å²) in [4.78, 5) is 11.5. The third kappa shape index (κ3) is 5.96. The number of carboxylic acid groups (broad SMARTS) is 1. The number of hydrogen-bond donors (Lipinski definition) is 1. The summed E-state index contributed by atoms with van der Waals surface area (Å²) in [6, 6.07) is 5.24. The molecule has 0 saturated carbocycles. The van der Waals surface area contributed by atoms with E-state index in [0.29, 0.717) is 23.1 Å². The highest BCUT2D eigenvalue weighted by atomic mass is 35.5. The Morgan fingerprint density at radius 3 is 2.62 bits per heavy atom. The number of hydrogen-bond acceptors (Lipinski definition) is 2. The van der Waals surface area contributed by atoms with Gasteiger partial charge in [0, 0.05) is 5.02 Å². The van der Waals surface area contributed by atoms with Crippen molar-refractivity contribution < 1.29 is 14.6 Å². The highest BCUT2D eigenvalue weighted by molar-refractivity contribution is 6.30. The first-order chi connectivity index (χ1) is 9.97. The summed E-state index contributed by atoms with van der Waals surface area (Å²) in [6.45, 7) is 6.12. The van der Waals surface area contributed by atoms with Gasteiger partial charge >= 0.3 is 5.97 Å². The van der Waals surface area contributed by atoms with E-state index in [1.165, 1.54) is 0 Å². The molecule has 21 heavy (non-hydrogen) atoms. The fourth-order valence-electron chi connectivity index (χ4n) is 2.38. The van der Waals surface area contributed by atoms with Crippen molar-refractivity contribution in [2.45, 2.75) is 59.0 Å². The molecule has 118 valence electrons. The number of aliphatic carboxylic acids is 1. The van der Waals surface area contributed by atoms with E-state index < -0.39 is 12.1 Å². The zero-order valence-corrected chi connectivity index (χ0v) is 13.8. The number of aryl methyl sites for hydroxylation is 1. The third-order valence-corrected chi connectivity index (χ3v) is 4.01. The largest absolute Gasteiger partial charge is 0.479 e. The Hall–Kier alpha value is -1.22. The topological polar surface area (TPSA) is 46.5 Å². The minimum Gasteiger partial charge on any atom is -0.479 e. The normalized spacial score (nSPS) is 13.7. The Labute approximate surface area is 132 Å². The van der Waals surface area contributed by atoms with Crippen molar-refractivity contribution in [3.05, 3.63) is 28.8 Å². The first-order valence-electron chi connectivity index (χ1n) is 7.63. The SMILES string of the molecule is CCCCC(CC)CC(Oc1ccc(Cl)cc1C)C(=O)O. The van der Waals surface area contributed by atoms with Gasteiger partial charge in [-0.15, -0.1) is 0 Å². The first kappa shape index (κ1) is 17.8. The molecular weight excluding hydrogens is 288 g/mol. The summed E-state index contributed by atoms with van der Waals surface area (Å²) in [6.07, 6.45) is 4.04. The van der Waals surface area contributed by atoms with Gasteiger partial charge in [0.2, 0.25) is 0 Å². The number of carbonyl (C=O) groups is 1. The predicted molar refractivity (Wildman–Crippen MR) is 86.2 cm³/mol. The lowest BCUT2D eigenvalue weighted by molar-refractivity contribution is -0.146. The van der Waals surface area contributed by atoms with Crippen molar-refractivity contribution in [2.75, 3.05) is 0 Å². The summed E-state index contributed by atoms with van der Waals surface area (Å²) in [5.74, 6) is 0.0788. The van der Waals surface area contributed by atoms with Crippen LogP contribution >= 0.6 is 11.6 Å². The second kappa shape index (κ2) is 8.93. The predicted octanol–water partition coefficient (Wildman–Crippen LogP) is 5.09. The van der Waals surface area contributed by atoms with Crippen LogP contribution in [0.2, 0.25) is 5.02 Å². The quantitative estimate of drug-likeness (QED) is 0.691. The highest BCUT2D eigenvalue weighted by Gasteiger charge is 2.24. The van der Waals surface area contributed by atoms with Crippen LogP contribution < -0.4 is 4.74 Å². The zero-order valence-electron chi connectivity index (χ0n) is 13.1. The molecule has 0 aliphatic carbocycles. The second-order valence-electron chi connectivity index (χ2n) is 5.51. The fraction of sp³-hybridized carbons (Fsp3) is 0.588. The smallest absolute Gasteiger partial charge is 0.344 e. The van der Waals surface area contributed by atoms with Crippen LogP contribution in [0.3, 0.4) is 0 Å². The van der Waals surface area contributed by atoms with E-state index in [1.807, 2.05) is 6.92 Å². The number of unbranched alkanes of at least 4 members (excludes halogenated alkanes) is 1. The van der Waals surface area contributed by atoms with Crippen LogP contribution in [0.25, 0.3) is 0 Å². The lowest BCUT2D eigenvalue weighted by Gasteiger charge is -2.21. The average molecular weight is 313 g/mol. The van der Waals surface area contributed by atoms with Gasteiger partial charge in [-0.25, -0.2) is 4.79 Å². The number of benzene rings is 1. The van der Waals surface area contributed by atoms with Crippen molar-refractivity contribution in [2.24, 2.45) is 5.92 Å². The number of carboxylic acids is 1. The summed E-state index contributed by atoms with van der Waals surface area (Å²) in [5.41, 5.74) is 0.857. The monoisotopic (exact) mass is 312 g/mol. The Balaban J connectivity index is 2.75. The van der Waals surface area contributed by atoms with Gasteiger partial charge in [-0.1, -0.05) is 51.1 Å². The lowest BCUT2D eigenvalue weighted by atomic mass is 9.93. The Bertz CT molecular complexity index is 459. The molecular formula is C17H25ClO3. The molecule has 0 spiro atoms. The summed E-state index contributed by atoms with van der Waals surface area (Å²) in [7, 11) is 0. The maximum Gasteiger partial charge on any atom is 0.344 e. The molecule has 3 nitrogen and oxygen atoms in total. The summed E-state index contributed by atoms with van der Waals surface area (Å²) in [5, 5.41) is 10.0. The van der Waals surface area contributed by atoms with Crippen LogP contribution in [0.4, 0.5) is 0 Å². The molecule has 0 aromatic heterocycles. The van der Waals surface area contributed by atoms with E-state index in [0.717, 1.165) is 31.2 Å². The Kier molecular flexibility index (Phi) is 7.58. The molecule has 2 unspecified atom stereocenters. The van der Waals surface area contributed by atoms with Crippen molar-refractivity contribution in [3.63, 3.8) is 0 Å². The molecule has 0 bridgehead atoms. The molecule has 1 N–H and O–H groups in total. The molecule has 0 fully saturated rings. The van der Waals surface area contributed by atoms with Gasteiger partial charge < -0.3 is 9.84 Å². The van der Waals surface area contributed by atoms with Crippen molar-refractivity contribution in [1.82, 2.24) is 0 Å². The molecule has 0 radical (unpaired) electrons. The minimum absolute atomic E-state index is 0.388. The van der Waals surface area contributed by atoms with Gasteiger partial charge in [0.25, 0.3) is 0 Å². The van der Waals surface area contributed by atoms with E-state index >= 15 is 0 Å². The van der Waals surface area contributed by atoms with Crippen LogP contribution in [-0.4, -0.2) is 17.2 Å². The number of halogens is 1. The van der Waals surface area contributed by atoms with Gasteiger partial charge in [-0.2, -0.15) is 0 Å². The van der Waals surface area contributed by atoms with E-state index in [9.17, 15) is 9.90 Å². The zero-order chi connectivity index (χ0) is 15.8. The molecule has 0 aliphatic heterocycles. The fourth-order valence-corrected chi connectivity index (χ4v) is 2.61. The van der Waals surface area contributed by atoms with Gasteiger partial charge in [0.15, 0.2) is 6.10 Å². The number of ether oxygens (including phenoxy) is 1. The molecule has 0 amide bonds. The highest BCUT2D eigenvalue weighted by Crippen LogP contribution is 2.26. The summed E-state index contributed by atoms with van der Waals surface area (Å²) < 4.78 is 5.72. The first-order valence-corrected chi connectivity index (χ1v) is 8.01. The Morgan fingerprint density at radius 2 is 2.10 bits per heavy atom. The van der Waals surface area contributed by atoms with E-state index in [-0.39, 0.29) is 0 Å². The molecule has 4 heteroatoms. The van der Waals surface area contributed by atoms with Crippen LogP contribution in [0.15, 0.2) is 18.2 Å². The van der Waals surface area contributed by atoms with Gasteiger partial charge in [-0.3, -0.25) is 0 Å². The average Bonchev–Trinajstić information content (AvgIpc) is 2.44. The van der Waals surface area contributed by atoms with E-state index in [4.69, 9.17) is 16.3 Å². The van der Waals surface area contributed by atoms with Crippen molar-refractivity contribution >= 4 is 17.6 Å². The standard InChI is InChI=1S/C17H25ClO3/c1-4-6-7-13(5-2)11-16(17(19)20)21-15-9-8-14(18)10-12(15)3/h8-10,13,16H,4-7,11H2,1-3H3,(H,19,20).